The molecule has 1 aromatic carbocycles. The maximum Gasteiger partial charge on any atom is 0.315 e. The van der Waals surface area contributed by atoms with Crippen molar-refractivity contribution in [3.05, 3.63) is 41.0 Å². The molecule has 1 aromatic heterocycles. The molecule has 1 unspecified atom stereocenters. The average Bonchev–Trinajstić information content (AvgIpc) is 3.11. The normalized spacial score (nSPS) is 18.1. The van der Waals surface area contributed by atoms with Crippen molar-refractivity contribution >= 4 is 6.01 Å². The monoisotopic (exact) mass is 299 g/mol. The van der Waals surface area contributed by atoms with Crippen molar-refractivity contribution in [2.24, 2.45) is 0 Å². The summed E-state index contributed by atoms with van der Waals surface area (Å²) in [5.74, 6) is -2.84. The summed E-state index contributed by atoms with van der Waals surface area (Å²) < 4.78 is 50.0. The first-order chi connectivity index (χ1) is 10.1. The smallest absolute Gasteiger partial charge is 0.315 e. The predicted molar refractivity (Wildman–Crippen MR) is 65.9 cm³/mol. The molecule has 112 valence electrons. The Morgan fingerprint density at radius 3 is 2.71 bits per heavy atom. The van der Waals surface area contributed by atoms with Crippen LogP contribution in [0.2, 0.25) is 0 Å². The van der Waals surface area contributed by atoms with Gasteiger partial charge in [0, 0.05) is 24.8 Å². The van der Waals surface area contributed by atoms with E-state index >= 15 is 0 Å². The lowest BCUT2D eigenvalue weighted by Gasteiger charge is -2.05. The number of halogens is 3. The Balaban J connectivity index is 1.66. The molecule has 1 aliphatic rings. The van der Waals surface area contributed by atoms with Gasteiger partial charge in [0.2, 0.25) is 5.89 Å². The highest BCUT2D eigenvalue weighted by Gasteiger charge is 2.23. The van der Waals surface area contributed by atoms with Crippen molar-refractivity contribution in [3.63, 3.8) is 0 Å². The van der Waals surface area contributed by atoms with Gasteiger partial charge in [0.15, 0.2) is 11.6 Å². The lowest BCUT2D eigenvalue weighted by molar-refractivity contribution is 0.0897. The fourth-order valence-electron chi connectivity index (χ4n) is 2.08. The minimum absolute atomic E-state index is 0.0363. The molecule has 8 heteroatoms. The Hall–Kier alpha value is -2.09. The SMILES string of the molecule is Fc1cc(F)c(CNc2nnc(C3CCCO3)o2)cc1F. The summed E-state index contributed by atoms with van der Waals surface area (Å²) in [7, 11) is 0. The summed E-state index contributed by atoms with van der Waals surface area (Å²) in [4.78, 5) is 0. The van der Waals surface area contributed by atoms with Crippen LogP contribution in [0.3, 0.4) is 0 Å². The molecular formula is C13H12F3N3O2. The zero-order valence-corrected chi connectivity index (χ0v) is 10.9. The van der Waals surface area contributed by atoms with Crippen LogP contribution in [0, 0.1) is 17.5 Å². The summed E-state index contributed by atoms with van der Waals surface area (Å²) >= 11 is 0. The van der Waals surface area contributed by atoms with Gasteiger partial charge in [-0.15, -0.1) is 5.10 Å². The van der Waals surface area contributed by atoms with Crippen LogP contribution in [-0.2, 0) is 11.3 Å². The van der Waals surface area contributed by atoms with Crippen molar-refractivity contribution < 1.29 is 22.3 Å². The van der Waals surface area contributed by atoms with Crippen LogP contribution in [0.25, 0.3) is 0 Å². The van der Waals surface area contributed by atoms with Gasteiger partial charge in [-0.1, -0.05) is 5.10 Å². The molecule has 1 N–H and O–H groups in total. The second-order valence-corrected chi connectivity index (χ2v) is 4.66. The van der Waals surface area contributed by atoms with Gasteiger partial charge >= 0.3 is 6.01 Å². The van der Waals surface area contributed by atoms with Gasteiger partial charge in [-0.05, 0) is 18.9 Å². The third kappa shape index (κ3) is 2.99. The molecule has 0 amide bonds. The maximum atomic E-state index is 13.5. The van der Waals surface area contributed by atoms with E-state index in [4.69, 9.17) is 9.15 Å². The number of nitrogens with zero attached hydrogens (tertiary/aromatic N) is 2. The Morgan fingerprint density at radius 2 is 1.95 bits per heavy atom. The summed E-state index contributed by atoms with van der Waals surface area (Å²) in [5, 5.41) is 10.2. The fourth-order valence-corrected chi connectivity index (χ4v) is 2.08. The number of nitrogens with one attached hydrogen (secondary N) is 1. The van der Waals surface area contributed by atoms with Crippen molar-refractivity contribution in [2.75, 3.05) is 11.9 Å². The molecular weight excluding hydrogens is 287 g/mol. The van der Waals surface area contributed by atoms with E-state index in [0.29, 0.717) is 18.6 Å². The number of benzene rings is 1. The molecule has 1 fully saturated rings. The van der Waals surface area contributed by atoms with E-state index in [9.17, 15) is 13.2 Å². The molecule has 0 aliphatic carbocycles. The van der Waals surface area contributed by atoms with Gasteiger partial charge in [0.05, 0.1) is 0 Å². The van der Waals surface area contributed by atoms with Crippen molar-refractivity contribution in [2.45, 2.75) is 25.5 Å². The Labute approximate surface area is 118 Å². The van der Waals surface area contributed by atoms with Gasteiger partial charge in [0.1, 0.15) is 11.9 Å². The van der Waals surface area contributed by atoms with Crippen molar-refractivity contribution in [1.82, 2.24) is 10.2 Å². The third-order valence-electron chi connectivity index (χ3n) is 3.17. The highest BCUT2D eigenvalue weighted by molar-refractivity contribution is 5.26. The third-order valence-corrected chi connectivity index (χ3v) is 3.17. The topological polar surface area (TPSA) is 60.2 Å². The van der Waals surface area contributed by atoms with E-state index in [2.05, 4.69) is 15.5 Å². The molecule has 1 atom stereocenters. The first-order valence-corrected chi connectivity index (χ1v) is 6.46. The second kappa shape index (κ2) is 5.72. The van der Waals surface area contributed by atoms with Crippen LogP contribution in [-0.4, -0.2) is 16.8 Å². The lowest BCUT2D eigenvalue weighted by atomic mass is 10.2. The van der Waals surface area contributed by atoms with Crippen molar-refractivity contribution in [3.8, 4) is 0 Å². The maximum absolute atomic E-state index is 13.5. The standard InChI is InChI=1S/C13H12F3N3O2/c14-8-5-10(16)9(15)4-7(8)6-17-13-19-18-12(21-13)11-2-1-3-20-11/h4-5,11H,1-3,6H2,(H,17,19). The number of hydrogen-bond acceptors (Lipinski definition) is 5. The molecule has 3 rings (SSSR count). The number of hydrogen-bond donors (Lipinski definition) is 1. The van der Waals surface area contributed by atoms with Crippen LogP contribution in [0.15, 0.2) is 16.5 Å². The Morgan fingerprint density at radius 1 is 1.14 bits per heavy atom. The van der Waals surface area contributed by atoms with Gasteiger partial charge in [-0.2, -0.15) is 0 Å². The minimum Gasteiger partial charge on any atom is -0.405 e. The molecule has 5 nitrogen and oxygen atoms in total. The molecule has 0 saturated carbocycles. The Bertz CT molecular complexity index is 642. The van der Waals surface area contributed by atoms with E-state index in [1.165, 1.54) is 0 Å². The zero-order valence-electron chi connectivity index (χ0n) is 10.9. The van der Waals surface area contributed by atoms with E-state index in [1.807, 2.05) is 0 Å². The second-order valence-electron chi connectivity index (χ2n) is 4.66. The molecule has 21 heavy (non-hydrogen) atoms. The molecule has 0 bridgehead atoms. The number of anilines is 1. The van der Waals surface area contributed by atoms with Crippen molar-refractivity contribution in [1.29, 1.82) is 0 Å². The van der Waals surface area contributed by atoms with Gasteiger partial charge < -0.3 is 14.5 Å². The van der Waals surface area contributed by atoms with E-state index in [0.717, 1.165) is 18.9 Å². The first kappa shape index (κ1) is 13.9. The highest BCUT2D eigenvalue weighted by atomic mass is 19.2. The molecule has 1 aliphatic heterocycles. The van der Waals surface area contributed by atoms with E-state index in [-0.39, 0.29) is 24.2 Å². The molecule has 2 heterocycles. The minimum atomic E-state index is -1.23. The zero-order chi connectivity index (χ0) is 14.8. The fraction of sp³-hybridized carbons (Fsp3) is 0.385. The summed E-state index contributed by atoms with van der Waals surface area (Å²) in [6.45, 7) is 0.548. The summed E-state index contributed by atoms with van der Waals surface area (Å²) in [6.07, 6.45) is 1.52. The van der Waals surface area contributed by atoms with Crippen LogP contribution in [0.4, 0.5) is 19.2 Å². The van der Waals surface area contributed by atoms with E-state index < -0.39 is 17.5 Å². The van der Waals surface area contributed by atoms with Crippen LogP contribution >= 0.6 is 0 Å². The number of rotatable bonds is 4. The largest absolute Gasteiger partial charge is 0.405 e. The summed E-state index contributed by atoms with van der Waals surface area (Å²) in [6, 6.07) is 1.36. The molecule has 1 saturated heterocycles. The van der Waals surface area contributed by atoms with Crippen LogP contribution in [0.5, 0.6) is 0 Å². The number of ether oxygens (including phenoxy) is 1. The molecule has 0 spiro atoms. The lowest BCUT2D eigenvalue weighted by Crippen LogP contribution is -2.04. The van der Waals surface area contributed by atoms with Gasteiger partial charge in [-0.3, -0.25) is 0 Å². The van der Waals surface area contributed by atoms with Crippen LogP contribution < -0.4 is 5.32 Å². The average molecular weight is 299 g/mol. The predicted octanol–water partition coefficient (Wildman–Crippen LogP) is 2.95. The summed E-state index contributed by atoms with van der Waals surface area (Å²) in [5.41, 5.74) is -0.0363. The Kier molecular flexibility index (Phi) is 3.78. The van der Waals surface area contributed by atoms with Gasteiger partial charge in [0.25, 0.3) is 0 Å². The van der Waals surface area contributed by atoms with Crippen LogP contribution in [0.1, 0.15) is 30.4 Å². The first-order valence-electron chi connectivity index (χ1n) is 6.46. The quantitative estimate of drug-likeness (QED) is 0.880. The van der Waals surface area contributed by atoms with Gasteiger partial charge in [-0.25, -0.2) is 13.2 Å². The molecule has 0 radical (unpaired) electrons. The molecule has 2 aromatic rings. The number of aromatic nitrogens is 2. The highest BCUT2D eigenvalue weighted by Crippen LogP contribution is 2.28. The van der Waals surface area contributed by atoms with E-state index in [1.54, 1.807) is 0 Å².